The number of likely N-dealkylation sites (tertiary alicyclic amines) is 1. The van der Waals surface area contributed by atoms with E-state index < -0.39 is 11.7 Å². The number of aromatic amines is 1. The van der Waals surface area contributed by atoms with Crippen LogP contribution in [0.15, 0.2) is 42.6 Å². The lowest BCUT2D eigenvalue weighted by atomic mass is 10.1. The number of aromatic nitrogens is 3. The van der Waals surface area contributed by atoms with E-state index >= 15 is 0 Å². The van der Waals surface area contributed by atoms with Crippen molar-refractivity contribution in [2.45, 2.75) is 31.9 Å². The van der Waals surface area contributed by atoms with E-state index in [1.165, 1.54) is 32.4 Å². The van der Waals surface area contributed by atoms with Crippen LogP contribution < -0.4 is 14.2 Å². The van der Waals surface area contributed by atoms with E-state index in [0.717, 1.165) is 32.1 Å². The zero-order valence-corrected chi connectivity index (χ0v) is 19.9. The minimum absolute atomic E-state index is 0.0367. The van der Waals surface area contributed by atoms with E-state index in [1.54, 1.807) is 30.5 Å². The summed E-state index contributed by atoms with van der Waals surface area (Å²) in [5.74, 6) is 0.113. The summed E-state index contributed by atoms with van der Waals surface area (Å²) in [6.07, 6.45) is 1.46. The van der Waals surface area contributed by atoms with Crippen molar-refractivity contribution < 1.29 is 27.4 Å². The van der Waals surface area contributed by atoms with Crippen LogP contribution in [-0.2, 0) is 6.18 Å². The molecule has 2 aromatic heterocycles. The molecule has 0 bridgehead atoms. The Morgan fingerprint density at radius 2 is 1.86 bits per heavy atom. The topological polar surface area (TPSA) is 72.5 Å². The van der Waals surface area contributed by atoms with Crippen LogP contribution in [0.1, 0.15) is 31.2 Å². The van der Waals surface area contributed by atoms with Gasteiger partial charge in [-0.15, -0.1) is 0 Å². The largest absolute Gasteiger partial charge is 0.497 e. The average molecular weight is 501 g/mol. The van der Waals surface area contributed by atoms with Gasteiger partial charge in [0.05, 0.1) is 24.6 Å². The van der Waals surface area contributed by atoms with Crippen molar-refractivity contribution in [3.05, 3.63) is 48.2 Å². The smallest absolute Gasteiger partial charge is 0.420 e. The lowest BCUT2D eigenvalue weighted by Crippen LogP contribution is -2.31. The number of nitrogens with one attached hydrogen (secondary N) is 1. The van der Waals surface area contributed by atoms with Gasteiger partial charge in [0.15, 0.2) is 0 Å². The Morgan fingerprint density at radius 3 is 2.64 bits per heavy atom. The molecule has 0 unspecified atom stereocenters. The summed E-state index contributed by atoms with van der Waals surface area (Å²) in [5, 5.41) is 1.00. The third-order valence-corrected chi connectivity index (χ3v) is 6.31. The number of hydrogen-bond donors (Lipinski definition) is 1. The fourth-order valence-corrected chi connectivity index (χ4v) is 4.45. The fraction of sp³-hybridized carbons (Fsp3) is 0.385. The van der Waals surface area contributed by atoms with Crippen molar-refractivity contribution in [3.63, 3.8) is 0 Å². The molecule has 0 atom stereocenters. The van der Waals surface area contributed by atoms with Gasteiger partial charge in [-0.1, -0.05) is 6.42 Å². The summed E-state index contributed by atoms with van der Waals surface area (Å²) >= 11 is 0. The second-order valence-electron chi connectivity index (χ2n) is 8.81. The van der Waals surface area contributed by atoms with Crippen LogP contribution in [0.25, 0.3) is 21.8 Å². The second-order valence-corrected chi connectivity index (χ2v) is 8.81. The molecule has 2 aromatic carbocycles. The highest BCUT2D eigenvalue weighted by atomic mass is 19.4. The van der Waals surface area contributed by atoms with Crippen LogP contribution in [0.3, 0.4) is 0 Å². The van der Waals surface area contributed by atoms with E-state index in [9.17, 15) is 13.2 Å². The number of rotatable bonds is 8. The lowest BCUT2D eigenvalue weighted by Gasteiger charge is -2.26. The van der Waals surface area contributed by atoms with Gasteiger partial charge < -0.3 is 24.1 Å². The predicted octanol–water partition coefficient (Wildman–Crippen LogP) is 6.19. The first-order chi connectivity index (χ1) is 17.4. The van der Waals surface area contributed by atoms with Crippen molar-refractivity contribution in [3.8, 4) is 23.4 Å². The Labute approximate surface area is 206 Å². The summed E-state index contributed by atoms with van der Waals surface area (Å²) in [6, 6.07) is 9.16. The maximum atomic E-state index is 13.9. The highest BCUT2D eigenvalue weighted by molar-refractivity contribution is 5.86. The average Bonchev–Trinajstić information content (AvgIpc) is 3.34. The molecule has 0 spiro atoms. The van der Waals surface area contributed by atoms with Crippen LogP contribution >= 0.6 is 0 Å². The van der Waals surface area contributed by atoms with Crippen molar-refractivity contribution >= 4 is 21.8 Å². The molecular weight excluding hydrogens is 473 g/mol. The van der Waals surface area contributed by atoms with Gasteiger partial charge in [-0.25, -0.2) is 0 Å². The number of hydrogen-bond acceptors (Lipinski definition) is 6. The van der Waals surface area contributed by atoms with Gasteiger partial charge >= 0.3 is 12.2 Å². The molecule has 0 aliphatic carbocycles. The number of fused-ring (bicyclic) bond motifs is 2. The second kappa shape index (κ2) is 10.2. The van der Waals surface area contributed by atoms with Crippen LogP contribution in [0.2, 0.25) is 0 Å². The normalized spacial score (nSPS) is 14.9. The van der Waals surface area contributed by atoms with E-state index in [-0.39, 0.29) is 17.6 Å². The maximum Gasteiger partial charge on any atom is 0.420 e. The number of piperidine rings is 1. The summed E-state index contributed by atoms with van der Waals surface area (Å²) < 4.78 is 58.6. The van der Waals surface area contributed by atoms with Crippen LogP contribution in [0.4, 0.5) is 13.2 Å². The summed E-state index contributed by atoms with van der Waals surface area (Å²) in [4.78, 5) is 14.0. The molecule has 1 aliphatic rings. The van der Waals surface area contributed by atoms with E-state index in [4.69, 9.17) is 14.2 Å². The number of halogens is 3. The van der Waals surface area contributed by atoms with Crippen molar-refractivity contribution in [1.82, 2.24) is 19.9 Å². The molecule has 1 aliphatic heterocycles. The Bertz CT molecular complexity index is 1350. The Balaban J connectivity index is 1.45. The van der Waals surface area contributed by atoms with Crippen molar-refractivity contribution in [2.24, 2.45) is 0 Å². The third-order valence-electron chi connectivity index (χ3n) is 6.31. The maximum absolute atomic E-state index is 13.9. The first-order valence-electron chi connectivity index (χ1n) is 12.0. The van der Waals surface area contributed by atoms with Crippen LogP contribution in [-0.4, -0.2) is 53.2 Å². The predicted molar refractivity (Wildman–Crippen MR) is 130 cm³/mol. The summed E-state index contributed by atoms with van der Waals surface area (Å²) in [7, 11) is 1.50. The fourth-order valence-electron chi connectivity index (χ4n) is 4.45. The molecule has 1 fully saturated rings. The molecule has 1 saturated heterocycles. The lowest BCUT2D eigenvalue weighted by molar-refractivity contribution is -0.138. The molecule has 1 N–H and O–H groups in total. The van der Waals surface area contributed by atoms with Crippen molar-refractivity contribution in [2.75, 3.05) is 33.4 Å². The first kappa shape index (κ1) is 24.2. The highest BCUT2D eigenvalue weighted by Crippen LogP contribution is 2.41. The van der Waals surface area contributed by atoms with Gasteiger partial charge in [-0.2, -0.15) is 23.1 Å². The van der Waals surface area contributed by atoms with Gasteiger partial charge in [0.2, 0.25) is 5.88 Å². The monoisotopic (exact) mass is 500 g/mol. The van der Waals surface area contributed by atoms with Gasteiger partial charge in [-0.3, -0.25) is 0 Å². The van der Waals surface area contributed by atoms with E-state index in [2.05, 4.69) is 19.9 Å². The molecule has 0 amide bonds. The molecular formula is C26H27F3N4O3. The van der Waals surface area contributed by atoms with Crippen molar-refractivity contribution in [1.29, 1.82) is 0 Å². The quantitative estimate of drug-likeness (QED) is 0.291. The number of ether oxygens (including phenoxy) is 3. The van der Waals surface area contributed by atoms with E-state index in [1.807, 2.05) is 0 Å². The molecule has 0 radical (unpaired) electrons. The SMILES string of the molecule is COc1ccc2nc(OCCCN3CCCCC3)nc(Oc3cc4cc[nH]c4cc3C(F)(F)F)c2c1. The first-order valence-corrected chi connectivity index (χ1v) is 12.0. The molecule has 190 valence electrons. The van der Waals surface area contributed by atoms with Gasteiger partial charge in [0.25, 0.3) is 0 Å². The summed E-state index contributed by atoms with van der Waals surface area (Å²) in [6.45, 7) is 3.50. The molecule has 36 heavy (non-hydrogen) atoms. The van der Waals surface area contributed by atoms with Crippen LogP contribution in [0, 0.1) is 0 Å². The zero-order valence-electron chi connectivity index (χ0n) is 19.9. The zero-order chi connectivity index (χ0) is 25.1. The Kier molecular flexibility index (Phi) is 6.86. The number of benzene rings is 2. The van der Waals surface area contributed by atoms with Gasteiger partial charge in [-0.05, 0) is 68.8 Å². The summed E-state index contributed by atoms with van der Waals surface area (Å²) in [5.41, 5.74) is -0.0687. The number of alkyl halides is 3. The highest BCUT2D eigenvalue weighted by Gasteiger charge is 2.35. The molecule has 0 saturated carbocycles. The molecule has 3 heterocycles. The Morgan fingerprint density at radius 1 is 1.03 bits per heavy atom. The minimum atomic E-state index is -4.62. The number of nitrogens with zero attached hydrogens (tertiary/aromatic N) is 3. The molecule has 5 rings (SSSR count). The number of methoxy groups -OCH3 is 1. The molecule has 7 nitrogen and oxygen atoms in total. The van der Waals surface area contributed by atoms with Crippen LogP contribution in [0.5, 0.6) is 23.4 Å². The van der Waals surface area contributed by atoms with Gasteiger partial charge in [0.1, 0.15) is 17.1 Å². The Hall–Kier alpha value is -3.53. The standard InChI is InChI=1S/C26H27F3N4O3/c1-34-18-6-7-21-19(15-18)24(32-25(31-21)35-13-5-12-33-10-3-2-4-11-33)36-23-14-17-8-9-30-22(17)16-20(23)26(27,28)29/h6-9,14-16,30H,2-5,10-13H2,1H3. The number of H-pyrrole nitrogens is 1. The van der Waals surface area contributed by atoms with Gasteiger partial charge in [0, 0.05) is 23.6 Å². The molecule has 4 aromatic rings. The molecule has 10 heteroatoms. The minimum Gasteiger partial charge on any atom is -0.497 e. The third kappa shape index (κ3) is 5.33. The van der Waals surface area contributed by atoms with E-state index in [0.29, 0.717) is 34.2 Å².